The minimum Gasteiger partial charge on any atom is -0.481 e. The fraction of sp³-hybridized carbons (Fsp3) is 0.556. The first-order valence-corrected chi connectivity index (χ1v) is 8.66. The lowest BCUT2D eigenvalue weighted by Gasteiger charge is -2.30. The third kappa shape index (κ3) is 3.87. The number of hydrogen-bond acceptors (Lipinski definition) is 4. The van der Waals surface area contributed by atoms with Gasteiger partial charge in [-0.05, 0) is 25.0 Å². The molecule has 7 nitrogen and oxygen atoms in total. The number of morpholine rings is 1. The summed E-state index contributed by atoms with van der Waals surface area (Å²) in [4.78, 5) is 27.6. The minimum absolute atomic E-state index is 0.207. The summed E-state index contributed by atoms with van der Waals surface area (Å²) in [6.07, 6.45) is 0.486. The van der Waals surface area contributed by atoms with Crippen LogP contribution in [0.2, 0.25) is 0 Å². The number of anilines is 1. The highest BCUT2D eigenvalue weighted by Gasteiger charge is 2.42. The number of nitrogens with zero attached hydrogens (tertiary/aromatic N) is 2. The molecule has 2 aliphatic rings. The van der Waals surface area contributed by atoms with Crippen molar-refractivity contribution < 1.29 is 19.4 Å². The Balaban J connectivity index is 1.60. The Hall–Kier alpha value is -2.28. The first-order valence-electron chi connectivity index (χ1n) is 8.66. The van der Waals surface area contributed by atoms with Gasteiger partial charge < -0.3 is 25.0 Å². The van der Waals surface area contributed by atoms with E-state index in [1.165, 1.54) is 0 Å². The number of amides is 2. The van der Waals surface area contributed by atoms with Crippen molar-refractivity contribution in [1.29, 1.82) is 0 Å². The second-order valence-corrected chi connectivity index (χ2v) is 6.92. The number of carbonyl (C=O) groups excluding carboxylic acids is 1. The Morgan fingerprint density at radius 3 is 2.64 bits per heavy atom. The monoisotopic (exact) mass is 347 g/mol. The second kappa shape index (κ2) is 7.31. The van der Waals surface area contributed by atoms with Crippen LogP contribution in [0.15, 0.2) is 24.3 Å². The van der Waals surface area contributed by atoms with Gasteiger partial charge in [0.05, 0.1) is 18.6 Å². The number of carboxylic acid groups (broad SMARTS) is 1. The zero-order chi connectivity index (χ0) is 17.9. The molecule has 3 rings (SSSR count). The normalized spacial score (nSPS) is 23.6. The standard InChI is InChI=1S/C18H25N3O4/c1-18(16(22)23)6-7-21(13-18)17(24)19-12-14-4-2-3-5-15(14)20-8-10-25-11-9-20/h2-5H,6-13H2,1H3,(H,19,24)(H,22,23). The predicted octanol–water partition coefficient (Wildman–Crippen LogP) is 1.53. The quantitative estimate of drug-likeness (QED) is 0.863. The van der Waals surface area contributed by atoms with Crippen molar-refractivity contribution in [3.63, 3.8) is 0 Å². The zero-order valence-electron chi connectivity index (χ0n) is 14.5. The number of urea groups is 1. The molecule has 0 aliphatic carbocycles. The smallest absolute Gasteiger partial charge is 0.317 e. The molecular formula is C18H25N3O4. The highest BCUT2D eigenvalue weighted by atomic mass is 16.5. The van der Waals surface area contributed by atoms with Gasteiger partial charge in [-0.25, -0.2) is 4.79 Å². The molecule has 2 N–H and O–H groups in total. The molecule has 2 aliphatic heterocycles. The Morgan fingerprint density at radius 1 is 1.24 bits per heavy atom. The van der Waals surface area contributed by atoms with Crippen molar-refractivity contribution in [2.75, 3.05) is 44.3 Å². The molecule has 2 saturated heterocycles. The number of nitrogens with one attached hydrogen (secondary N) is 1. The van der Waals surface area contributed by atoms with Gasteiger partial charge in [-0.3, -0.25) is 4.79 Å². The van der Waals surface area contributed by atoms with Gasteiger partial charge >= 0.3 is 12.0 Å². The Bertz CT molecular complexity index is 645. The third-order valence-corrected chi connectivity index (χ3v) is 5.05. The van der Waals surface area contributed by atoms with Crippen molar-refractivity contribution >= 4 is 17.7 Å². The number of carboxylic acids is 1. The Morgan fingerprint density at radius 2 is 1.96 bits per heavy atom. The summed E-state index contributed by atoms with van der Waals surface area (Å²) in [6.45, 7) is 5.94. The van der Waals surface area contributed by atoms with Gasteiger partial charge in [-0.15, -0.1) is 0 Å². The van der Waals surface area contributed by atoms with E-state index in [-0.39, 0.29) is 12.6 Å². The summed E-state index contributed by atoms with van der Waals surface area (Å²) in [6, 6.07) is 7.82. The van der Waals surface area contributed by atoms with Crippen LogP contribution in [0.25, 0.3) is 0 Å². The van der Waals surface area contributed by atoms with Crippen molar-refractivity contribution in [3.8, 4) is 0 Å². The average molecular weight is 347 g/mol. The SMILES string of the molecule is CC1(C(=O)O)CCN(C(=O)NCc2ccccc2N2CCOCC2)C1. The number of likely N-dealkylation sites (tertiary alicyclic amines) is 1. The maximum absolute atomic E-state index is 12.4. The van der Waals surface area contributed by atoms with E-state index in [0.717, 1.165) is 24.3 Å². The lowest BCUT2D eigenvalue weighted by Crippen LogP contribution is -2.41. The maximum Gasteiger partial charge on any atom is 0.317 e. The zero-order valence-corrected chi connectivity index (χ0v) is 14.5. The van der Waals surface area contributed by atoms with Crippen molar-refractivity contribution in [2.45, 2.75) is 19.9 Å². The lowest BCUT2D eigenvalue weighted by molar-refractivity contribution is -0.147. The van der Waals surface area contributed by atoms with Crippen molar-refractivity contribution in [2.24, 2.45) is 5.41 Å². The van der Waals surface area contributed by atoms with Gasteiger partial charge in [0.2, 0.25) is 0 Å². The number of benzene rings is 1. The third-order valence-electron chi connectivity index (χ3n) is 5.05. The van der Waals surface area contributed by atoms with Gasteiger partial charge in [0.25, 0.3) is 0 Å². The van der Waals surface area contributed by atoms with Crippen LogP contribution in [0.4, 0.5) is 10.5 Å². The number of ether oxygens (including phenoxy) is 1. The maximum atomic E-state index is 12.4. The Kier molecular flexibility index (Phi) is 5.13. The van der Waals surface area contributed by atoms with Crippen LogP contribution in [0.1, 0.15) is 18.9 Å². The number of rotatable bonds is 4. The molecule has 0 aromatic heterocycles. The summed E-state index contributed by atoms with van der Waals surface area (Å²) in [5, 5.41) is 12.2. The first-order chi connectivity index (χ1) is 12.0. The molecule has 0 saturated carbocycles. The van der Waals surface area contributed by atoms with Crippen LogP contribution < -0.4 is 10.2 Å². The molecule has 1 atom stereocenters. The summed E-state index contributed by atoms with van der Waals surface area (Å²) in [5.41, 5.74) is 1.32. The van der Waals surface area contributed by atoms with Crippen molar-refractivity contribution in [3.05, 3.63) is 29.8 Å². The van der Waals surface area contributed by atoms with Crippen LogP contribution in [-0.4, -0.2) is 61.4 Å². The van der Waals surface area contributed by atoms with Gasteiger partial charge in [0, 0.05) is 38.4 Å². The number of aliphatic carboxylic acids is 1. The molecule has 1 aromatic rings. The van der Waals surface area contributed by atoms with Crippen LogP contribution in [-0.2, 0) is 16.1 Å². The summed E-state index contributed by atoms with van der Waals surface area (Å²) in [7, 11) is 0. The molecule has 2 amide bonds. The molecule has 2 fully saturated rings. The molecule has 2 heterocycles. The molecule has 7 heteroatoms. The van der Waals surface area contributed by atoms with Gasteiger partial charge in [0.1, 0.15) is 0 Å². The van der Waals surface area contributed by atoms with Gasteiger partial charge in [-0.2, -0.15) is 0 Å². The van der Waals surface area contributed by atoms with E-state index in [2.05, 4.69) is 16.3 Å². The first kappa shape index (κ1) is 17.5. The minimum atomic E-state index is -0.847. The fourth-order valence-electron chi connectivity index (χ4n) is 3.36. The van der Waals surface area contributed by atoms with E-state index in [1.54, 1.807) is 11.8 Å². The Labute approximate surface area is 147 Å². The molecule has 0 spiro atoms. The number of hydrogen-bond donors (Lipinski definition) is 2. The molecule has 25 heavy (non-hydrogen) atoms. The summed E-state index contributed by atoms with van der Waals surface area (Å²) in [5.74, 6) is -0.847. The molecule has 0 bridgehead atoms. The molecule has 0 radical (unpaired) electrons. The van der Waals surface area contributed by atoms with Crippen molar-refractivity contribution in [1.82, 2.24) is 10.2 Å². The van der Waals surface area contributed by atoms with Gasteiger partial charge in [0.15, 0.2) is 0 Å². The van der Waals surface area contributed by atoms with E-state index >= 15 is 0 Å². The van der Waals surface area contributed by atoms with E-state index in [0.29, 0.717) is 32.7 Å². The van der Waals surface area contributed by atoms with E-state index in [4.69, 9.17) is 4.74 Å². The highest BCUT2D eigenvalue weighted by molar-refractivity contribution is 5.79. The van der Waals surface area contributed by atoms with Gasteiger partial charge in [-0.1, -0.05) is 18.2 Å². The van der Waals surface area contributed by atoms with E-state index < -0.39 is 11.4 Å². The molecule has 1 unspecified atom stereocenters. The number of carbonyl (C=O) groups is 2. The average Bonchev–Trinajstić information content (AvgIpc) is 3.05. The van der Waals surface area contributed by atoms with Crippen LogP contribution in [0.3, 0.4) is 0 Å². The summed E-state index contributed by atoms with van der Waals surface area (Å²) >= 11 is 0. The summed E-state index contributed by atoms with van der Waals surface area (Å²) < 4.78 is 5.40. The molecular weight excluding hydrogens is 322 g/mol. The molecule has 136 valence electrons. The van der Waals surface area contributed by atoms with Crippen LogP contribution in [0.5, 0.6) is 0 Å². The van der Waals surface area contributed by atoms with Crippen LogP contribution >= 0.6 is 0 Å². The largest absolute Gasteiger partial charge is 0.481 e. The highest BCUT2D eigenvalue weighted by Crippen LogP contribution is 2.30. The topological polar surface area (TPSA) is 82.1 Å². The fourth-order valence-corrected chi connectivity index (χ4v) is 3.36. The molecule has 1 aromatic carbocycles. The van der Waals surface area contributed by atoms with E-state index in [1.807, 2.05) is 18.2 Å². The van der Waals surface area contributed by atoms with E-state index in [9.17, 15) is 14.7 Å². The predicted molar refractivity (Wildman–Crippen MR) is 93.6 cm³/mol. The number of para-hydroxylation sites is 1. The lowest BCUT2D eigenvalue weighted by atomic mass is 9.90. The second-order valence-electron chi connectivity index (χ2n) is 6.92. The van der Waals surface area contributed by atoms with Crippen LogP contribution in [0, 0.1) is 5.41 Å².